The van der Waals surface area contributed by atoms with Crippen LogP contribution in [0.4, 0.5) is 0 Å². The Balaban J connectivity index is 0.00000264. The van der Waals surface area contributed by atoms with Crippen molar-refractivity contribution in [1.82, 2.24) is 15.8 Å². The van der Waals surface area contributed by atoms with Gasteiger partial charge < -0.3 is 19.9 Å². The number of ether oxygens (including phenoxy) is 1. The second kappa shape index (κ2) is 10.9. The van der Waals surface area contributed by atoms with Crippen LogP contribution in [0.5, 0.6) is 0 Å². The van der Waals surface area contributed by atoms with Gasteiger partial charge in [-0.1, -0.05) is 19.0 Å². The normalized spacial score (nSPS) is 18.1. The quantitative estimate of drug-likeness (QED) is 0.391. The van der Waals surface area contributed by atoms with Gasteiger partial charge >= 0.3 is 0 Å². The van der Waals surface area contributed by atoms with Gasteiger partial charge in [-0.2, -0.15) is 0 Å². The SMILES string of the molecule is CCC(CC)c1cc(CNC(=NC)NCC2CCCO2)on1.I. The highest BCUT2D eigenvalue weighted by Crippen LogP contribution is 2.22. The summed E-state index contributed by atoms with van der Waals surface area (Å²) in [5.41, 5.74) is 1.05. The van der Waals surface area contributed by atoms with Crippen molar-refractivity contribution in [3.05, 3.63) is 17.5 Å². The van der Waals surface area contributed by atoms with Crippen LogP contribution in [0.25, 0.3) is 0 Å². The Morgan fingerprint density at radius 3 is 2.78 bits per heavy atom. The van der Waals surface area contributed by atoms with Crippen molar-refractivity contribution in [3.63, 3.8) is 0 Å². The molecule has 0 aliphatic carbocycles. The van der Waals surface area contributed by atoms with Crippen LogP contribution in [0.15, 0.2) is 15.6 Å². The minimum atomic E-state index is 0. The van der Waals surface area contributed by atoms with Crippen molar-refractivity contribution >= 4 is 29.9 Å². The Morgan fingerprint density at radius 2 is 2.17 bits per heavy atom. The van der Waals surface area contributed by atoms with E-state index >= 15 is 0 Å². The Hall–Kier alpha value is -0.830. The van der Waals surface area contributed by atoms with Crippen molar-refractivity contribution in [1.29, 1.82) is 0 Å². The third kappa shape index (κ3) is 6.29. The van der Waals surface area contributed by atoms with Crippen LogP contribution in [0.3, 0.4) is 0 Å². The van der Waals surface area contributed by atoms with E-state index in [1.807, 2.05) is 6.07 Å². The number of guanidine groups is 1. The second-order valence-corrected chi connectivity index (χ2v) is 5.67. The highest BCUT2D eigenvalue weighted by Gasteiger charge is 2.16. The molecule has 0 amide bonds. The predicted molar refractivity (Wildman–Crippen MR) is 102 cm³/mol. The fraction of sp³-hybridized carbons (Fsp3) is 0.750. The van der Waals surface area contributed by atoms with Crippen molar-refractivity contribution in [2.45, 2.75) is 58.1 Å². The Kier molecular flexibility index (Phi) is 9.54. The van der Waals surface area contributed by atoms with E-state index in [9.17, 15) is 0 Å². The summed E-state index contributed by atoms with van der Waals surface area (Å²) in [7, 11) is 1.76. The van der Waals surface area contributed by atoms with Crippen LogP contribution in [-0.2, 0) is 11.3 Å². The zero-order valence-electron chi connectivity index (χ0n) is 14.3. The summed E-state index contributed by atoms with van der Waals surface area (Å²) in [4.78, 5) is 4.22. The zero-order valence-corrected chi connectivity index (χ0v) is 16.6. The first-order valence-corrected chi connectivity index (χ1v) is 8.28. The molecular formula is C16H29IN4O2. The van der Waals surface area contributed by atoms with Crippen LogP contribution in [0.2, 0.25) is 0 Å². The number of hydrogen-bond acceptors (Lipinski definition) is 4. The summed E-state index contributed by atoms with van der Waals surface area (Å²) in [6.07, 6.45) is 4.73. The first-order chi connectivity index (χ1) is 10.8. The first kappa shape index (κ1) is 20.2. The lowest BCUT2D eigenvalue weighted by atomic mass is 9.99. The van der Waals surface area contributed by atoms with Crippen LogP contribution < -0.4 is 10.6 Å². The lowest BCUT2D eigenvalue weighted by Crippen LogP contribution is -2.40. The lowest BCUT2D eigenvalue weighted by Gasteiger charge is -2.14. The van der Waals surface area contributed by atoms with Gasteiger partial charge in [-0.25, -0.2) is 0 Å². The van der Waals surface area contributed by atoms with Crippen molar-refractivity contribution in [2.75, 3.05) is 20.2 Å². The molecule has 2 heterocycles. The summed E-state index contributed by atoms with van der Waals surface area (Å²) in [6, 6.07) is 2.04. The molecule has 1 aliphatic heterocycles. The minimum Gasteiger partial charge on any atom is -0.376 e. The van der Waals surface area contributed by atoms with E-state index in [4.69, 9.17) is 9.26 Å². The first-order valence-electron chi connectivity index (χ1n) is 8.28. The molecule has 1 atom stereocenters. The lowest BCUT2D eigenvalue weighted by molar-refractivity contribution is 0.114. The van der Waals surface area contributed by atoms with Crippen LogP contribution in [0.1, 0.15) is 56.9 Å². The van der Waals surface area contributed by atoms with E-state index in [1.165, 1.54) is 0 Å². The average Bonchev–Trinajstić information content (AvgIpc) is 3.20. The van der Waals surface area contributed by atoms with Crippen LogP contribution >= 0.6 is 24.0 Å². The molecule has 23 heavy (non-hydrogen) atoms. The third-order valence-electron chi connectivity index (χ3n) is 4.16. The monoisotopic (exact) mass is 436 g/mol. The molecule has 1 aromatic heterocycles. The zero-order chi connectivity index (χ0) is 15.8. The maximum Gasteiger partial charge on any atom is 0.191 e. The highest BCUT2D eigenvalue weighted by molar-refractivity contribution is 14.0. The average molecular weight is 436 g/mol. The Morgan fingerprint density at radius 1 is 1.39 bits per heavy atom. The minimum absolute atomic E-state index is 0. The van der Waals surface area contributed by atoms with Crippen LogP contribution in [0, 0.1) is 0 Å². The molecule has 0 bridgehead atoms. The number of aliphatic imine (C=N–C) groups is 1. The predicted octanol–water partition coefficient (Wildman–Crippen LogP) is 3.04. The van der Waals surface area contributed by atoms with E-state index in [-0.39, 0.29) is 24.0 Å². The van der Waals surface area contributed by atoms with Gasteiger partial charge in [-0.15, -0.1) is 24.0 Å². The van der Waals surface area contributed by atoms with Gasteiger partial charge in [0.15, 0.2) is 11.7 Å². The van der Waals surface area contributed by atoms with E-state index in [0.717, 1.165) is 56.2 Å². The molecular weight excluding hydrogens is 407 g/mol. The maximum absolute atomic E-state index is 5.59. The van der Waals surface area contributed by atoms with Crippen molar-refractivity contribution in [2.24, 2.45) is 4.99 Å². The fourth-order valence-corrected chi connectivity index (χ4v) is 2.72. The molecule has 2 N–H and O–H groups in total. The number of nitrogens with one attached hydrogen (secondary N) is 2. The molecule has 6 nitrogen and oxygen atoms in total. The molecule has 0 saturated carbocycles. The number of nitrogens with zero attached hydrogens (tertiary/aromatic N) is 2. The molecule has 1 unspecified atom stereocenters. The van der Waals surface area contributed by atoms with E-state index in [2.05, 4.69) is 34.6 Å². The molecule has 0 aromatic carbocycles. The smallest absolute Gasteiger partial charge is 0.191 e. The second-order valence-electron chi connectivity index (χ2n) is 5.67. The third-order valence-corrected chi connectivity index (χ3v) is 4.16. The summed E-state index contributed by atoms with van der Waals surface area (Å²) in [6.45, 7) is 6.60. The number of aromatic nitrogens is 1. The Bertz CT molecular complexity index is 468. The number of halogens is 1. The largest absolute Gasteiger partial charge is 0.376 e. The number of hydrogen-bond donors (Lipinski definition) is 2. The molecule has 1 aromatic rings. The summed E-state index contributed by atoms with van der Waals surface area (Å²) < 4.78 is 11.0. The van der Waals surface area contributed by atoms with E-state index in [0.29, 0.717) is 18.6 Å². The van der Waals surface area contributed by atoms with Gasteiger partial charge in [0.1, 0.15) is 0 Å². The molecule has 1 saturated heterocycles. The van der Waals surface area contributed by atoms with Gasteiger partial charge in [0.2, 0.25) is 0 Å². The topological polar surface area (TPSA) is 71.7 Å². The van der Waals surface area contributed by atoms with Crippen molar-refractivity contribution < 1.29 is 9.26 Å². The molecule has 132 valence electrons. The van der Waals surface area contributed by atoms with E-state index in [1.54, 1.807) is 7.05 Å². The van der Waals surface area contributed by atoms with Crippen LogP contribution in [-0.4, -0.2) is 37.4 Å². The summed E-state index contributed by atoms with van der Waals surface area (Å²) in [5.74, 6) is 2.08. The molecule has 0 radical (unpaired) electrons. The van der Waals surface area contributed by atoms with Gasteiger partial charge in [-0.05, 0) is 25.7 Å². The maximum atomic E-state index is 5.59. The van der Waals surface area contributed by atoms with Gasteiger partial charge in [0, 0.05) is 32.2 Å². The van der Waals surface area contributed by atoms with Gasteiger partial charge in [0.25, 0.3) is 0 Å². The van der Waals surface area contributed by atoms with E-state index < -0.39 is 0 Å². The standard InChI is InChI=1S/C16H28N4O2.HI/c1-4-12(5-2)15-9-14(22-20-15)11-19-16(17-3)18-10-13-7-6-8-21-13;/h9,12-13H,4-8,10-11H2,1-3H3,(H2,17,18,19);1H. The number of rotatable bonds is 7. The summed E-state index contributed by atoms with van der Waals surface area (Å²) >= 11 is 0. The molecule has 7 heteroatoms. The van der Waals surface area contributed by atoms with Crippen molar-refractivity contribution in [3.8, 4) is 0 Å². The molecule has 1 aliphatic rings. The van der Waals surface area contributed by atoms with Gasteiger partial charge in [-0.3, -0.25) is 4.99 Å². The highest BCUT2D eigenvalue weighted by atomic mass is 127. The molecule has 0 spiro atoms. The molecule has 1 fully saturated rings. The Labute approximate surface area is 155 Å². The molecule has 2 rings (SSSR count). The van der Waals surface area contributed by atoms with Gasteiger partial charge in [0.05, 0.1) is 18.3 Å². The summed E-state index contributed by atoms with van der Waals surface area (Å²) in [5, 5.41) is 10.7. The fourth-order valence-electron chi connectivity index (χ4n) is 2.72.